The van der Waals surface area contributed by atoms with Crippen molar-refractivity contribution in [1.82, 2.24) is 4.98 Å². The quantitative estimate of drug-likeness (QED) is 0.854. The van der Waals surface area contributed by atoms with E-state index in [0.717, 1.165) is 11.3 Å². The van der Waals surface area contributed by atoms with Crippen molar-refractivity contribution in [3.05, 3.63) is 29.2 Å². The molecule has 0 aliphatic heterocycles. The number of aliphatic hydroxyl groups is 1. The Balaban J connectivity index is 2.05. The van der Waals surface area contributed by atoms with E-state index in [-0.39, 0.29) is 30.8 Å². The average Bonchev–Trinajstić information content (AvgIpc) is 2.88. The first-order valence-electron chi connectivity index (χ1n) is 8.12. The summed E-state index contributed by atoms with van der Waals surface area (Å²) in [5, 5.41) is 9.30. The van der Waals surface area contributed by atoms with Gasteiger partial charge in [-0.15, -0.1) is 0 Å². The Morgan fingerprint density at radius 2 is 1.91 bits per heavy atom. The second-order valence-electron chi connectivity index (χ2n) is 7.56. The first-order chi connectivity index (χ1) is 10.7. The molecular formula is C18H23F2NO2. The van der Waals surface area contributed by atoms with Crippen LogP contribution in [0.15, 0.2) is 16.5 Å². The maximum Gasteiger partial charge on any atom is 0.248 e. The van der Waals surface area contributed by atoms with E-state index in [0.29, 0.717) is 29.7 Å². The lowest BCUT2D eigenvalue weighted by Crippen LogP contribution is -2.24. The van der Waals surface area contributed by atoms with Crippen molar-refractivity contribution >= 4 is 11.1 Å². The van der Waals surface area contributed by atoms with E-state index in [4.69, 9.17) is 4.42 Å². The van der Waals surface area contributed by atoms with Gasteiger partial charge in [-0.25, -0.2) is 13.8 Å². The third kappa shape index (κ3) is 3.25. The van der Waals surface area contributed by atoms with Crippen molar-refractivity contribution in [1.29, 1.82) is 0 Å². The summed E-state index contributed by atoms with van der Waals surface area (Å²) >= 11 is 0. The molecule has 2 heterocycles. The van der Waals surface area contributed by atoms with Crippen molar-refractivity contribution in [3.8, 4) is 0 Å². The van der Waals surface area contributed by atoms with Gasteiger partial charge in [0.05, 0.1) is 0 Å². The Kier molecular flexibility index (Phi) is 3.95. The Bertz CT molecular complexity index is 706. The molecule has 2 aromatic heterocycles. The molecule has 0 spiro atoms. The number of halogens is 2. The SMILES string of the molecule is CC(C)(C)c1cc(C2CCC(F)(F)CC2)nc2cc(CO)oc12. The van der Waals surface area contributed by atoms with E-state index in [2.05, 4.69) is 25.8 Å². The van der Waals surface area contributed by atoms with Crippen molar-refractivity contribution in [2.75, 3.05) is 0 Å². The summed E-state index contributed by atoms with van der Waals surface area (Å²) in [7, 11) is 0. The predicted octanol–water partition coefficient (Wildman–Crippen LogP) is 4.91. The third-order valence-electron chi connectivity index (χ3n) is 4.65. The van der Waals surface area contributed by atoms with Gasteiger partial charge in [0.15, 0.2) is 5.58 Å². The molecular weight excluding hydrogens is 300 g/mol. The summed E-state index contributed by atoms with van der Waals surface area (Å²) in [6.45, 7) is 6.08. The number of nitrogens with zero attached hydrogens (tertiary/aromatic N) is 1. The molecule has 126 valence electrons. The van der Waals surface area contributed by atoms with Crippen LogP contribution in [0.5, 0.6) is 0 Å². The van der Waals surface area contributed by atoms with Gasteiger partial charge in [0.1, 0.15) is 17.9 Å². The summed E-state index contributed by atoms with van der Waals surface area (Å²) in [5.41, 5.74) is 3.11. The van der Waals surface area contributed by atoms with Crippen LogP contribution in [0.4, 0.5) is 8.78 Å². The van der Waals surface area contributed by atoms with Crippen molar-refractivity contribution in [3.63, 3.8) is 0 Å². The van der Waals surface area contributed by atoms with E-state index in [1.807, 2.05) is 6.07 Å². The van der Waals surface area contributed by atoms with Crippen LogP contribution in [0.3, 0.4) is 0 Å². The number of aliphatic hydroxyl groups excluding tert-OH is 1. The van der Waals surface area contributed by atoms with Crippen molar-refractivity contribution < 1.29 is 18.3 Å². The lowest BCUT2D eigenvalue weighted by atomic mass is 9.81. The zero-order chi connectivity index (χ0) is 16.8. The molecule has 3 rings (SSSR count). The van der Waals surface area contributed by atoms with Gasteiger partial charge in [0, 0.05) is 36.1 Å². The molecule has 0 unspecified atom stereocenters. The molecule has 23 heavy (non-hydrogen) atoms. The largest absolute Gasteiger partial charge is 0.457 e. The maximum atomic E-state index is 13.4. The van der Waals surface area contributed by atoms with Crippen LogP contribution in [0.25, 0.3) is 11.1 Å². The van der Waals surface area contributed by atoms with Gasteiger partial charge in [-0.1, -0.05) is 20.8 Å². The highest BCUT2D eigenvalue weighted by Crippen LogP contribution is 2.42. The lowest BCUT2D eigenvalue weighted by molar-refractivity contribution is -0.0384. The molecule has 1 aliphatic rings. The number of aromatic nitrogens is 1. The average molecular weight is 323 g/mol. The molecule has 0 aromatic carbocycles. The molecule has 1 fully saturated rings. The van der Waals surface area contributed by atoms with Gasteiger partial charge in [-0.05, 0) is 24.3 Å². The predicted molar refractivity (Wildman–Crippen MR) is 84.8 cm³/mol. The smallest absolute Gasteiger partial charge is 0.248 e. The summed E-state index contributed by atoms with van der Waals surface area (Å²) < 4.78 is 32.5. The maximum absolute atomic E-state index is 13.4. The minimum atomic E-state index is -2.53. The van der Waals surface area contributed by atoms with E-state index in [9.17, 15) is 13.9 Å². The summed E-state index contributed by atoms with van der Waals surface area (Å²) in [6, 6.07) is 3.74. The van der Waals surface area contributed by atoms with Crippen molar-refractivity contribution in [2.45, 2.75) is 70.3 Å². The summed E-state index contributed by atoms with van der Waals surface area (Å²) in [6.07, 6.45) is 0.768. The molecule has 0 radical (unpaired) electrons. The molecule has 2 aromatic rings. The van der Waals surface area contributed by atoms with E-state index in [1.165, 1.54) is 0 Å². The molecule has 1 N–H and O–H groups in total. The molecule has 1 aliphatic carbocycles. The Morgan fingerprint density at radius 3 is 2.48 bits per heavy atom. The Morgan fingerprint density at radius 1 is 1.26 bits per heavy atom. The molecule has 0 atom stereocenters. The van der Waals surface area contributed by atoms with Crippen LogP contribution in [-0.4, -0.2) is 16.0 Å². The Hall–Kier alpha value is -1.49. The summed E-state index contributed by atoms with van der Waals surface area (Å²) in [5.74, 6) is -1.99. The fraction of sp³-hybridized carbons (Fsp3) is 0.611. The van der Waals surface area contributed by atoms with Crippen LogP contribution >= 0.6 is 0 Å². The van der Waals surface area contributed by atoms with Gasteiger partial charge in [0.2, 0.25) is 5.92 Å². The van der Waals surface area contributed by atoms with Gasteiger partial charge < -0.3 is 9.52 Å². The molecule has 1 saturated carbocycles. The Labute approximate surface area is 134 Å². The molecule has 3 nitrogen and oxygen atoms in total. The number of pyridine rings is 1. The number of fused-ring (bicyclic) bond motifs is 1. The van der Waals surface area contributed by atoms with Crippen LogP contribution in [0.1, 0.15) is 69.4 Å². The topological polar surface area (TPSA) is 46.3 Å². The van der Waals surface area contributed by atoms with Gasteiger partial charge in [-0.2, -0.15) is 0 Å². The summed E-state index contributed by atoms with van der Waals surface area (Å²) in [4.78, 5) is 4.64. The van der Waals surface area contributed by atoms with Crippen LogP contribution in [-0.2, 0) is 12.0 Å². The van der Waals surface area contributed by atoms with Crippen LogP contribution < -0.4 is 0 Å². The number of furan rings is 1. The number of alkyl halides is 2. The fourth-order valence-electron chi connectivity index (χ4n) is 3.27. The monoisotopic (exact) mass is 323 g/mol. The first kappa shape index (κ1) is 16.4. The number of hydrogen-bond donors (Lipinski definition) is 1. The zero-order valence-electron chi connectivity index (χ0n) is 13.8. The highest BCUT2D eigenvalue weighted by Gasteiger charge is 2.36. The van der Waals surface area contributed by atoms with E-state index in [1.54, 1.807) is 6.07 Å². The molecule has 0 amide bonds. The molecule has 0 bridgehead atoms. The van der Waals surface area contributed by atoms with Gasteiger partial charge >= 0.3 is 0 Å². The normalized spacial score (nSPS) is 19.4. The second kappa shape index (κ2) is 5.55. The minimum Gasteiger partial charge on any atom is -0.457 e. The lowest BCUT2D eigenvalue weighted by Gasteiger charge is -2.29. The molecule has 0 saturated heterocycles. The second-order valence-corrected chi connectivity index (χ2v) is 7.56. The minimum absolute atomic E-state index is 0.0626. The highest BCUT2D eigenvalue weighted by atomic mass is 19.3. The van der Waals surface area contributed by atoms with Crippen LogP contribution in [0.2, 0.25) is 0 Å². The number of rotatable bonds is 2. The third-order valence-corrected chi connectivity index (χ3v) is 4.65. The van der Waals surface area contributed by atoms with Gasteiger partial charge in [0.25, 0.3) is 0 Å². The first-order valence-corrected chi connectivity index (χ1v) is 8.12. The van der Waals surface area contributed by atoms with Crippen LogP contribution in [0, 0.1) is 0 Å². The van der Waals surface area contributed by atoms with E-state index >= 15 is 0 Å². The number of hydrogen-bond acceptors (Lipinski definition) is 3. The fourth-order valence-corrected chi connectivity index (χ4v) is 3.27. The van der Waals surface area contributed by atoms with Crippen molar-refractivity contribution in [2.24, 2.45) is 0 Å². The van der Waals surface area contributed by atoms with E-state index < -0.39 is 5.92 Å². The zero-order valence-corrected chi connectivity index (χ0v) is 13.8. The van der Waals surface area contributed by atoms with Gasteiger partial charge in [-0.3, -0.25) is 0 Å². The standard InChI is InChI=1S/C18H23F2NO2/c1-17(2,3)13-9-14(11-4-6-18(19,20)7-5-11)21-15-8-12(10-22)23-16(13)15/h8-9,11,22H,4-7,10H2,1-3H3. The molecule has 5 heteroatoms. The highest BCUT2D eigenvalue weighted by molar-refractivity contribution is 5.78.